The first-order valence-electron chi connectivity index (χ1n) is 11.4. The summed E-state index contributed by atoms with van der Waals surface area (Å²) in [5.41, 5.74) is 8.15. The van der Waals surface area contributed by atoms with Crippen LogP contribution in [0.1, 0.15) is 21.5 Å². The Labute approximate surface area is 200 Å². The van der Waals surface area contributed by atoms with Crippen molar-refractivity contribution in [3.8, 4) is 22.3 Å². The number of benzene rings is 5. The molecule has 0 aliphatic carbocycles. The monoisotopic (exact) mass is 436 g/mol. The largest absolute Gasteiger partial charge is 0.289 e. The Balaban J connectivity index is 1.72. The smallest absolute Gasteiger partial charge is 0.186 e. The Morgan fingerprint density at radius 1 is 0.471 bits per heavy atom. The van der Waals surface area contributed by atoms with Crippen LogP contribution in [0, 0.1) is 0 Å². The normalized spacial score (nSPS) is 11.2. The number of hydrogen-bond donors (Lipinski definition) is 0. The van der Waals surface area contributed by atoms with Crippen molar-refractivity contribution in [3.05, 3.63) is 162 Å². The maximum atomic E-state index is 13.3. The van der Waals surface area contributed by atoms with Crippen LogP contribution in [0.15, 0.2) is 146 Å². The van der Waals surface area contributed by atoms with Gasteiger partial charge in [0.25, 0.3) is 0 Å². The van der Waals surface area contributed by atoms with Crippen LogP contribution in [0.2, 0.25) is 0 Å². The first kappa shape index (κ1) is 21.4. The standard InChI is InChI=1S/C33H24O/c34-33(28-19-11-4-12-20-28)24-32(27-17-9-3-10-18-27)30-22-21-29(25-13-5-1-6-14-25)23-31(30)26-15-7-2-8-16-26/h1-24H. The third kappa shape index (κ3) is 4.65. The minimum Gasteiger partial charge on any atom is -0.289 e. The van der Waals surface area contributed by atoms with Gasteiger partial charge in [0.05, 0.1) is 0 Å². The maximum absolute atomic E-state index is 13.3. The molecule has 5 aromatic carbocycles. The molecule has 0 radical (unpaired) electrons. The van der Waals surface area contributed by atoms with Gasteiger partial charge in [0.15, 0.2) is 5.78 Å². The SMILES string of the molecule is O=C(C=C(c1ccccc1)c1ccc(-c2ccccc2)cc1-c1ccccc1)c1ccccc1. The van der Waals surface area contributed by atoms with Crippen LogP contribution in [0.25, 0.3) is 27.8 Å². The van der Waals surface area contributed by atoms with E-state index in [9.17, 15) is 4.79 Å². The molecule has 0 aliphatic rings. The number of allylic oxidation sites excluding steroid dienone is 1. The van der Waals surface area contributed by atoms with Crippen LogP contribution in [-0.4, -0.2) is 5.78 Å². The number of hydrogen-bond acceptors (Lipinski definition) is 1. The zero-order chi connectivity index (χ0) is 23.2. The summed E-state index contributed by atoms with van der Waals surface area (Å²) in [5.74, 6) is -0.00870. The Morgan fingerprint density at radius 2 is 0.971 bits per heavy atom. The quantitative estimate of drug-likeness (QED) is 0.193. The molecule has 0 unspecified atom stereocenters. The van der Waals surface area contributed by atoms with Crippen molar-refractivity contribution in [1.82, 2.24) is 0 Å². The van der Waals surface area contributed by atoms with Gasteiger partial charge in [-0.25, -0.2) is 0 Å². The van der Waals surface area contributed by atoms with Gasteiger partial charge in [0, 0.05) is 5.56 Å². The Bertz CT molecular complexity index is 1420. The first-order chi connectivity index (χ1) is 16.8. The van der Waals surface area contributed by atoms with Crippen LogP contribution in [0.3, 0.4) is 0 Å². The molecule has 0 aliphatic heterocycles. The molecule has 0 saturated carbocycles. The van der Waals surface area contributed by atoms with Crippen LogP contribution in [0.4, 0.5) is 0 Å². The zero-order valence-corrected chi connectivity index (χ0v) is 18.8. The van der Waals surface area contributed by atoms with Gasteiger partial charge in [-0.15, -0.1) is 0 Å². The number of ketones is 1. The van der Waals surface area contributed by atoms with E-state index < -0.39 is 0 Å². The van der Waals surface area contributed by atoms with Crippen LogP contribution in [-0.2, 0) is 0 Å². The van der Waals surface area contributed by atoms with E-state index in [1.165, 1.54) is 0 Å². The van der Waals surface area contributed by atoms with E-state index in [0.29, 0.717) is 5.56 Å². The second kappa shape index (κ2) is 9.97. The summed E-state index contributed by atoms with van der Waals surface area (Å²) in [6.07, 6.45) is 1.77. The fourth-order valence-electron chi connectivity index (χ4n) is 4.20. The highest BCUT2D eigenvalue weighted by molar-refractivity contribution is 6.11. The average molecular weight is 437 g/mol. The lowest BCUT2D eigenvalue weighted by Gasteiger charge is -2.16. The van der Waals surface area contributed by atoms with Crippen molar-refractivity contribution in [2.24, 2.45) is 0 Å². The molecule has 0 atom stereocenters. The molecule has 0 aromatic heterocycles. The predicted octanol–water partition coefficient (Wildman–Crippen LogP) is 8.34. The third-order valence-corrected chi connectivity index (χ3v) is 5.92. The maximum Gasteiger partial charge on any atom is 0.186 e. The second-order valence-electron chi connectivity index (χ2n) is 8.15. The van der Waals surface area contributed by atoms with Gasteiger partial charge >= 0.3 is 0 Å². The van der Waals surface area contributed by atoms with Gasteiger partial charge in [-0.2, -0.15) is 0 Å². The summed E-state index contributed by atoms with van der Waals surface area (Å²) in [5, 5.41) is 0. The third-order valence-electron chi connectivity index (χ3n) is 5.92. The van der Waals surface area contributed by atoms with E-state index in [2.05, 4.69) is 78.9 Å². The van der Waals surface area contributed by atoms with E-state index in [1.807, 2.05) is 60.7 Å². The predicted molar refractivity (Wildman–Crippen MR) is 142 cm³/mol. The molecule has 0 fully saturated rings. The second-order valence-corrected chi connectivity index (χ2v) is 8.15. The lowest BCUT2D eigenvalue weighted by atomic mass is 9.87. The van der Waals surface area contributed by atoms with Gasteiger partial charge in [-0.05, 0) is 51.1 Å². The summed E-state index contributed by atoms with van der Waals surface area (Å²) in [4.78, 5) is 13.3. The molecule has 0 spiro atoms. The van der Waals surface area contributed by atoms with Crippen LogP contribution >= 0.6 is 0 Å². The highest BCUT2D eigenvalue weighted by atomic mass is 16.1. The minimum absolute atomic E-state index is 0.00870. The summed E-state index contributed by atoms with van der Waals surface area (Å²) < 4.78 is 0. The van der Waals surface area contributed by atoms with E-state index in [-0.39, 0.29) is 5.78 Å². The van der Waals surface area contributed by atoms with Gasteiger partial charge in [0.1, 0.15) is 0 Å². The van der Waals surface area contributed by atoms with Gasteiger partial charge in [-0.3, -0.25) is 4.79 Å². The lowest BCUT2D eigenvalue weighted by molar-refractivity contribution is 0.104. The van der Waals surface area contributed by atoms with E-state index >= 15 is 0 Å². The van der Waals surface area contributed by atoms with Gasteiger partial charge in [0.2, 0.25) is 0 Å². The van der Waals surface area contributed by atoms with E-state index in [1.54, 1.807) is 6.08 Å². The Kier molecular flexibility index (Phi) is 6.27. The number of carbonyl (C=O) groups is 1. The summed E-state index contributed by atoms with van der Waals surface area (Å²) in [6.45, 7) is 0. The molecule has 0 heterocycles. The zero-order valence-electron chi connectivity index (χ0n) is 18.8. The van der Waals surface area contributed by atoms with Gasteiger partial charge < -0.3 is 0 Å². The molecule has 0 amide bonds. The van der Waals surface area contributed by atoms with E-state index in [0.717, 1.165) is 39.0 Å². The minimum atomic E-state index is -0.00870. The molecular formula is C33H24O. The molecule has 162 valence electrons. The summed E-state index contributed by atoms with van der Waals surface area (Å²) in [6, 6.07) is 46.8. The highest BCUT2D eigenvalue weighted by Crippen LogP contribution is 2.36. The lowest BCUT2D eigenvalue weighted by Crippen LogP contribution is -1.99. The van der Waals surface area contributed by atoms with Crippen molar-refractivity contribution >= 4 is 11.4 Å². The first-order valence-corrected chi connectivity index (χ1v) is 11.4. The molecular weight excluding hydrogens is 412 g/mol. The Morgan fingerprint density at radius 3 is 1.56 bits per heavy atom. The van der Waals surface area contributed by atoms with Crippen molar-refractivity contribution in [2.45, 2.75) is 0 Å². The van der Waals surface area contributed by atoms with E-state index in [4.69, 9.17) is 0 Å². The van der Waals surface area contributed by atoms with Crippen molar-refractivity contribution < 1.29 is 4.79 Å². The summed E-state index contributed by atoms with van der Waals surface area (Å²) >= 11 is 0. The number of carbonyl (C=O) groups excluding carboxylic acids is 1. The Hall–Kier alpha value is -4.49. The van der Waals surface area contributed by atoms with Crippen molar-refractivity contribution in [1.29, 1.82) is 0 Å². The molecule has 5 aromatic rings. The molecule has 1 heteroatoms. The molecule has 1 nitrogen and oxygen atoms in total. The van der Waals surface area contributed by atoms with Crippen molar-refractivity contribution in [3.63, 3.8) is 0 Å². The number of rotatable bonds is 6. The molecule has 5 rings (SSSR count). The highest BCUT2D eigenvalue weighted by Gasteiger charge is 2.15. The summed E-state index contributed by atoms with van der Waals surface area (Å²) in [7, 11) is 0. The molecule has 34 heavy (non-hydrogen) atoms. The molecule has 0 bridgehead atoms. The average Bonchev–Trinajstić information content (AvgIpc) is 2.93. The fourth-order valence-corrected chi connectivity index (χ4v) is 4.20. The van der Waals surface area contributed by atoms with Crippen LogP contribution < -0.4 is 0 Å². The molecule has 0 N–H and O–H groups in total. The van der Waals surface area contributed by atoms with Crippen molar-refractivity contribution in [2.75, 3.05) is 0 Å². The molecule has 0 saturated heterocycles. The van der Waals surface area contributed by atoms with Crippen LogP contribution in [0.5, 0.6) is 0 Å². The van der Waals surface area contributed by atoms with Gasteiger partial charge in [-0.1, -0.05) is 133 Å². The fraction of sp³-hybridized carbons (Fsp3) is 0. The topological polar surface area (TPSA) is 17.1 Å².